The van der Waals surface area contributed by atoms with Gasteiger partial charge in [0.2, 0.25) is 0 Å². The number of hydrogen-bond donors (Lipinski definition) is 2. The number of hydrazine groups is 1. The molecular weight excluding hydrogens is 174 g/mol. The second-order valence-corrected chi connectivity index (χ2v) is 3.50. The average molecular weight is 193 g/mol. The molecule has 78 valence electrons. The summed E-state index contributed by atoms with van der Waals surface area (Å²) < 4.78 is 0. The first-order valence-electron chi connectivity index (χ1n) is 5.19. The molecule has 0 aromatic carbocycles. The summed E-state index contributed by atoms with van der Waals surface area (Å²) in [6, 6.07) is 4.28. The Hall–Kier alpha value is -0.930. The molecule has 1 rings (SSSR count). The highest BCUT2D eigenvalue weighted by atomic mass is 15.2. The smallest absolute Gasteiger partial charge is 0.0489 e. The van der Waals surface area contributed by atoms with Crippen LogP contribution in [-0.2, 0) is 0 Å². The summed E-state index contributed by atoms with van der Waals surface area (Å²) in [7, 11) is 0. The van der Waals surface area contributed by atoms with Crippen LogP contribution < -0.4 is 11.3 Å². The standard InChI is InChI=1S/C11H19N3/c1-3-9(4-2)11(14-12)10-5-7-13-8-6-10/h5-9,11,14H,3-4,12H2,1-2H3. The number of pyridine rings is 1. The third kappa shape index (κ3) is 2.53. The van der Waals surface area contributed by atoms with E-state index in [1.54, 1.807) is 0 Å². The van der Waals surface area contributed by atoms with Crippen molar-refractivity contribution in [2.45, 2.75) is 32.7 Å². The van der Waals surface area contributed by atoms with Gasteiger partial charge in [-0.2, -0.15) is 0 Å². The maximum absolute atomic E-state index is 5.59. The zero-order valence-electron chi connectivity index (χ0n) is 8.90. The molecule has 0 aliphatic carbocycles. The quantitative estimate of drug-likeness (QED) is 0.555. The van der Waals surface area contributed by atoms with Crippen molar-refractivity contribution in [2.75, 3.05) is 0 Å². The SMILES string of the molecule is CCC(CC)C(NN)c1ccncc1. The molecule has 3 N–H and O–H groups in total. The third-order valence-corrected chi connectivity index (χ3v) is 2.76. The highest BCUT2D eigenvalue weighted by Gasteiger charge is 2.18. The van der Waals surface area contributed by atoms with E-state index in [0.717, 1.165) is 12.8 Å². The first-order chi connectivity index (χ1) is 6.83. The van der Waals surface area contributed by atoms with E-state index in [-0.39, 0.29) is 6.04 Å². The van der Waals surface area contributed by atoms with Crippen LogP contribution in [0, 0.1) is 5.92 Å². The fourth-order valence-corrected chi connectivity index (χ4v) is 1.84. The minimum absolute atomic E-state index is 0.244. The van der Waals surface area contributed by atoms with Crippen molar-refractivity contribution in [2.24, 2.45) is 11.8 Å². The average Bonchev–Trinajstić information content (AvgIpc) is 2.27. The molecule has 0 radical (unpaired) electrons. The second-order valence-electron chi connectivity index (χ2n) is 3.50. The molecule has 1 heterocycles. The van der Waals surface area contributed by atoms with E-state index < -0.39 is 0 Å². The van der Waals surface area contributed by atoms with Crippen LogP contribution in [0.25, 0.3) is 0 Å². The first-order valence-corrected chi connectivity index (χ1v) is 5.19. The predicted octanol–water partition coefficient (Wildman–Crippen LogP) is 2.02. The van der Waals surface area contributed by atoms with Gasteiger partial charge in [-0.15, -0.1) is 0 Å². The molecule has 0 fully saturated rings. The van der Waals surface area contributed by atoms with Gasteiger partial charge < -0.3 is 0 Å². The van der Waals surface area contributed by atoms with E-state index in [4.69, 9.17) is 5.84 Å². The molecule has 0 aliphatic heterocycles. The molecule has 1 aromatic rings. The van der Waals surface area contributed by atoms with Gasteiger partial charge in [0.1, 0.15) is 0 Å². The van der Waals surface area contributed by atoms with Crippen LogP contribution in [0.2, 0.25) is 0 Å². The normalized spacial score (nSPS) is 13.1. The fraction of sp³-hybridized carbons (Fsp3) is 0.545. The monoisotopic (exact) mass is 193 g/mol. The van der Waals surface area contributed by atoms with E-state index >= 15 is 0 Å². The molecular formula is C11H19N3. The molecule has 0 saturated heterocycles. The third-order valence-electron chi connectivity index (χ3n) is 2.76. The molecule has 14 heavy (non-hydrogen) atoms. The van der Waals surface area contributed by atoms with E-state index in [9.17, 15) is 0 Å². The summed E-state index contributed by atoms with van der Waals surface area (Å²) >= 11 is 0. The van der Waals surface area contributed by atoms with Crippen LogP contribution >= 0.6 is 0 Å². The Bertz CT molecular complexity index is 244. The van der Waals surface area contributed by atoms with E-state index in [1.165, 1.54) is 5.56 Å². The summed E-state index contributed by atoms with van der Waals surface area (Å²) in [6.45, 7) is 4.39. The van der Waals surface area contributed by atoms with E-state index in [1.807, 2.05) is 24.5 Å². The fourth-order valence-electron chi connectivity index (χ4n) is 1.84. The van der Waals surface area contributed by atoms with Crippen LogP contribution in [0.15, 0.2) is 24.5 Å². The number of nitrogens with zero attached hydrogens (tertiary/aromatic N) is 1. The van der Waals surface area contributed by atoms with Gasteiger partial charge in [0.15, 0.2) is 0 Å². The van der Waals surface area contributed by atoms with Gasteiger partial charge in [0.25, 0.3) is 0 Å². The van der Waals surface area contributed by atoms with Crippen molar-refractivity contribution in [1.82, 2.24) is 10.4 Å². The molecule has 0 amide bonds. The molecule has 0 aliphatic rings. The Morgan fingerprint density at radius 3 is 2.29 bits per heavy atom. The first kappa shape index (κ1) is 11.1. The van der Waals surface area contributed by atoms with E-state index in [0.29, 0.717) is 5.92 Å². The molecule has 0 bridgehead atoms. The maximum Gasteiger partial charge on any atom is 0.0489 e. The lowest BCUT2D eigenvalue weighted by Crippen LogP contribution is -2.33. The number of nitrogens with two attached hydrogens (primary N) is 1. The molecule has 1 aromatic heterocycles. The number of nitrogens with one attached hydrogen (secondary N) is 1. The number of aromatic nitrogens is 1. The van der Waals surface area contributed by atoms with Gasteiger partial charge in [-0.3, -0.25) is 16.3 Å². The summed E-state index contributed by atoms with van der Waals surface area (Å²) in [5, 5.41) is 0. The Morgan fingerprint density at radius 2 is 1.86 bits per heavy atom. The summed E-state index contributed by atoms with van der Waals surface area (Å²) in [5.74, 6) is 6.17. The van der Waals surface area contributed by atoms with Gasteiger partial charge in [0.05, 0.1) is 0 Å². The summed E-state index contributed by atoms with van der Waals surface area (Å²) in [4.78, 5) is 4.00. The highest BCUT2D eigenvalue weighted by molar-refractivity contribution is 5.15. The molecule has 1 atom stereocenters. The number of hydrogen-bond acceptors (Lipinski definition) is 3. The van der Waals surface area contributed by atoms with Gasteiger partial charge in [0, 0.05) is 18.4 Å². The van der Waals surface area contributed by atoms with Gasteiger partial charge in [-0.1, -0.05) is 26.7 Å². The molecule has 1 unspecified atom stereocenters. The van der Waals surface area contributed by atoms with Crippen LogP contribution in [0.4, 0.5) is 0 Å². The van der Waals surface area contributed by atoms with Gasteiger partial charge >= 0.3 is 0 Å². The lowest BCUT2D eigenvalue weighted by Gasteiger charge is -2.24. The van der Waals surface area contributed by atoms with Crippen molar-refractivity contribution < 1.29 is 0 Å². The lowest BCUT2D eigenvalue weighted by atomic mass is 9.90. The topological polar surface area (TPSA) is 50.9 Å². The van der Waals surface area contributed by atoms with Crippen molar-refractivity contribution in [3.05, 3.63) is 30.1 Å². The molecule has 0 saturated carbocycles. The van der Waals surface area contributed by atoms with Crippen LogP contribution in [-0.4, -0.2) is 4.98 Å². The Morgan fingerprint density at radius 1 is 1.29 bits per heavy atom. The Kier molecular flexibility index (Phi) is 4.56. The van der Waals surface area contributed by atoms with Gasteiger partial charge in [-0.25, -0.2) is 0 Å². The largest absolute Gasteiger partial charge is 0.271 e. The Labute approximate surface area is 85.7 Å². The maximum atomic E-state index is 5.59. The minimum atomic E-state index is 0.244. The lowest BCUT2D eigenvalue weighted by molar-refractivity contribution is 0.345. The van der Waals surface area contributed by atoms with E-state index in [2.05, 4.69) is 24.3 Å². The highest BCUT2D eigenvalue weighted by Crippen LogP contribution is 2.25. The van der Waals surface area contributed by atoms with Crippen molar-refractivity contribution in [3.8, 4) is 0 Å². The summed E-state index contributed by atoms with van der Waals surface area (Å²) in [6.07, 6.45) is 5.88. The Balaban J connectivity index is 2.81. The van der Waals surface area contributed by atoms with Crippen LogP contribution in [0.3, 0.4) is 0 Å². The minimum Gasteiger partial charge on any atom is -0.271 e. The van der Waals surface area contributed by atoms with Crippen molar-refractivity contribution in [1.29, 1.82) is 0 Å². The second kappa shape index (κ2) is 5.73. The van der Waals surface area contributed by atoms with Gasteiger partial charge in [-0.05, 0) is 23.6 Å². The van der Waals surface area contributed by atoms with Crippen LogP contribution in [0.5, 0.6) is 0 Å². The van der Waals surface area contributed by atoms with Crippen molar-refractivity contribution >= 4 is 0 Å². The van der Waals surface area contributed by atoms with Crippen LogP contribution in [0.1, 0.15) is 38.3 Å². The molecule has 3 nitrogen and oxygen atoms in total. The molecule has 3 heteroatoms. The summed E-state index contributed by atoms with van der Waals surface area (Å²) in [5.41, 5.74) is 4.11. The zero-order chi connectivity index (χ0) is 10.4. The zero-order valence-corrected chi connectivity index (χ0v) is 8.90. The van der Waals surface area contributed by atoms with Crippen molar-refractivity contribution in [3.63, 3.8) is 0 Å². The predicted molar refractivity (Wildman–Crippen MR) is 58.4 cm³/mol. The number of rotatable bonds is 5. The molecule has 0 spiro atoms.